The SMILES string of the molecule is c1cc2c(cc1CNC1CCCC1)NCC2. The first-order valence-electron chi connectivity index (χ1n) is 6.51. The minimum atomic E-state index is 0.765. The summed E-state index contributed by atoms with van der Waals surface area (Å²) < 4.78 is 0. The summed E-state index contributed by atoms with van der Waals surface area (Å²) in [5.74, 6) is 0. The number of fused-ring (bicyclic) bond motifs is 1. The van der Waals surface area contributed by atoms with Gasteiger partial charge in [-0.05, 0) is 36.5 Å². The van der Waals surface area contributed by atoms with Crippen molar-refractivity contribution in [2.45, 2.75) is 44.7 Å². The second-order valence-corrected chi connectivity index (χ2v) is 5.03. The second-order valence-electron chi connectivity index (χ2n) is 5.03. The van der Waals surface area contributed by atoms with Crippen molar-refractivity contribution in [1.29, 1.82) is 0 Å². The number of hydrogen-bond acceptors (Lipinski definition) is 2. The molecule has 1 aliphatic carbocycles. The van der Waals surface area contributed by atoms with Gasteiger partial charge in [0, 0.05) is 24.8 Å². The zero-order valence-electron chi connectivity index (χ0n) is 9.76. The Morgan fingerprint density at radius 1 is 1.25 bits per heavy atom. The fourth-order valence-electron chi connectivity index (χ4n) is 2.84. The van der Waals surface area contributed by atoms with Crippen LogP contribution in [0.3, 0.4) is 0 Å². The molecule has 0 aromatic heterocycles. The highest BCUT2D eigenvalue weighted by molar-refractivity contribution is 5.56. The minimum absolute atomic E-state index is 0.765. The Kier molecular flexibility index (Phi) is 2.83. The Bertz CT molecular complexity index is 367. The van der Waals surface area contributed by atoms with Gasteiger partial charge in [-0.15, -0.1) is 0 Å². The average molecular weight is 216 g/mol. The maximum Gasteiger partial charge on any atom is 0.0376 e. The lowest BCUT2D eigenvalue weighted by Gasteiger charge is -2.12. The third-order valence-corrected chi connectivity index (χ3v) is 3.83. The zero-order valence-corrected chi connectivity index (χ0v) is 9.76. The molecule has 0 atom stereocenters. The molecule has 1 fully saturated rings. The largest absolute Gasteiger partial charge is 0.384 e. The smallest absolute Gasteiger partial charge is 0.0376 e. The van der Waals surface area contributed by atoms with Crippen molar-refractivity contribution < 1.29 is 0 Å². The van der Waals surface area contributed by atoms with Gasteiger partial charge >= 0.3 is 0 Å². The summed E-state index contributed by atoms with van der Waals surface area (Å²) in [4.78, 5) is 0. The Hall–Kier alpha value is -1.02. The van der Waals surface area contributed by atoms with Crippen molar-refractivity contribution in [3.63, 3.8) is 0 Å². The molecule has 0 unspecified atom stereocenters. The molecular weight excluding hydrogens is 196 g/mol. The Morgan fingerprint density at radius 3 is 3.00 bits per heavy atom. The van der Waals surface area contributed by atoms with E-state index in [0.717, 1.165) is 19.1 Å². The summed E-state index contributed by atoms with van der Waals surface area (Å²) >= 11 is 0. The van der Waals surface area contributed by atoms with Crippen LogP contribution in [0.15, 0.2) is 18.2 Å². The lowest BCUT2D eigenvalue weighted by molar-refractivity contribution is 0.524. The molecule has 1 aliphatic heterocycles. The third kappa shape index (κ3) is 2.07. The van der Waals surface area contributed by atoms with Crippen LogP contribution >= 0.6 is 0 Å². The Morgan fingerprint density at radius 2 is 2.12 bits per heavy atom. The predicted octanol–water partition coefficient (Wildman–Crippen LogP) is 2.69. The van der Waals surface area contributed by atoms with E-state index in [1.807, 2.05) is 0 Å². The molecule has 0 bridgehead atoms. The molecule has 0 saturated heterocycles. The fraction of sp³-hybridized carbons (Fsp3) is 0.571. The highest BCUT2D eigenvalue weighted by Gasteiger charge is 2.14. The van der Waals surface area contributed by atoms with Gasteiger partial charge in [-0.2, -0.15) is 0 Å². The molecule has 1 aromatic carbocycles. The van der Waals surface area contributed by atoms with Gasteiger partial charge in [-0.25, -0.2) is 0 Å². The Balaban J connectivity index is 1.61. The van der Waals surface area contributed by atoms with Gasteiger partial charge in [-0.1, -0.05) is 25.0 Å². The predicted molar refractivity (Wildman–Crippen MR) is 67.7 cm³/mol. The summed E-state index contributed by atoms with van der Waals surface area (Å²) in [6, 6.07) is 7.63. The van der Waals surface area contributed by atoms with Crippen molar-refractivity contribution in [3.8, 4) is 0 Å². The molecule has 86 valence electrons. The first-order chi connectivity index (χ1) is 7.92. The Labute approximate surface area is 97.4 Å². The van der Waals surface area contributed by atoms with E-state index in [0.29, 0.717) is 0 Å². The number of anilines is 1. The number of hydrogen-bond donors (Lipinski definition) is 2. The van der Waals surface area contributed by atoms with Gasteiger partial charge in [-0.3, -0.25) is 0 Å². The summed E-state index contributed by atoms with van der Waals surface area (Å²) in [6.07, 6.45) is 6.73. The number of benzene rings is 1. The lowest BCUT2D eigenvalue weighted by Crippen LogP contribution is -2.25. The molecule has 2 N–H and O–H groups in total. The summed E-state index contributed by atoms with van der Waals surface area (Å²) in [6.45, 7) is 2.13. The topological polar surface area (TPSA) is 24.1 Å². The summed E-state index contributed by atoms with van der Waals surface area (Å²) in [7, 11) is 0. The summed E-state index contributed by atoms with van der Waals surface area (Å²) in [5, 5.41) is 7.10. The van der Waals surface area contributed by atoms with Gasteiger partial charge in [0.05, 0.1) is 0 Å². The molecular formula is C14H20N2. The van der Waals surface area contributed by atoms with Crippen LogP contribution in [0.2, 0.25) is 0 Å². The van der Waals surface area contributed by atoms with E-state index in [2.05, 4.69) is 28.8 Å². The first-order valence-corrected chi connectivity index (χ1v) is 6.51. The van der Waals surface area contributed by atoms with Gasteiger partial charge in [0.1, 0.15) is 0 Å². The molecule has 0 spiro atoms. The maximum absolute atomic E-state index is 3.66. The van der Waals surface area contributed by atoms with Crippen LogP contribution in [0.1, 0.15) is 36.8 Å². The van der Waals surface area contributed by atoms with Crippen LogP contribution in [0.5, 0.6) is 0 Å². The van der Waals surface area contributed by atoms with E-state index in [9.17, 15) is 0 Å². The van der Waals surface area contributed by atoms with Crippen LogP contribution < -0.4 is 10.6 Å². The molecule has 1 saturated carbocycles. The van der Waals surface area contributed by atoms with Crippen molar-refractivity contribution >= 4 is 5.69 Å². The first kappa shape index (κ1) is 10.2. The molecule has 3 rings (SSSR count). The van der Waals surface area contributed by atoms with E-state index in [1.165, 1.54) is 48.9 Å². The summed E-state index contributed by atoms with van der Waals surface area (Å²) in [5.41, 5.74) is 4.25. The molecule has 1 aromatic rings. The van der Waals surface area contributed by atoms with Crippen molar-refractivity contribution in [2.75, 3.05) is 11.9 Å². The highest BCUT2D eigenvalue weighted by Crippen LogP contribution is 2.23. The molecule has 1 heterocycles. The van der Waals surface area contributed by atoms with Gasteiger partial charge < -0.3 is 10.6 Å². The van der Waals surface area contributed by atoms with Crippen molar-refractivity contribution in [3.05, 3.63) is 29.3 Å². The van der Waals surface area contributed by atoms with Crippen LogP contribution in [0.4, 0.5) is 5.69 Å². The van der Waals surface area contributed by atoms with E-state index in [-0.39, 0.29) is 0 Å². The normalized spacial score (nSPS) is 19.8. The molecule has 2 aliphatic rings. The van der Waals surface area contributed by atoms with E-state index in [4.69, 9.17) is 0 Å². The van der Waals surface area contributed by atoms with Gasteiger partial charge in [0.25, 0.3) is 0 Å². The third-order valence-electron chi connectivity index (χ3n) is 3.83. The fourth-order valence-corrected chi connectivity index (χ4v) is 2.84. The minimum Gasteiger partial charge on any atom is -0.384 e. The van der Waals surface area contributed by atoms with E-state index >= 15 is 0 Å². The molecule has 0 radical (unpaired) electrons. The van der Waals surface area contributed by atoms with E-state index in [1.54, 1.807) is 0 Å². The lowest BCUT2D eigenvalue weighted by atomic mass is 10.1. The van der Waals surface area contributed by atoms with Crippen LogP contribution in [-0.2, 0) is 13.0 Å². The van der Waals surface area contributed by atoms with Gasteiger partial charge in [0.2, 0.25) is 0 Å². The zero-order chi connectivity index (χ0) is 10.8. The monoisotopic (exact) mass is 216 g/mol. The van der Waals surface area contributed by atoms with Crippen LogP contribution in [-0.4, -0.2) is 12.6 Å². The number of nitrogens with one attached hydrogen (secondary N) is 2. The van der Waals surface area contributed by atoms with Crippen LogP contribution in [0, 0.1) is 0 Å². The molecule has 16 heavy (non-hydrogen) atoms. The van der Waals surface area contributed by atoms with Crippen LogP contribution in [0.25, 0.3) is 0 Å². The quantitative estimate of drug-likeness (QED) is 0.811. The maximum atomic E-state index is 3.66. The second kappa shape index (κ2) is 4.46. The molecule has 0 amide bonds. The molecule has 2 nitrogen and oxygen atoms in total. The van der Waals surface area contributed by atoms with Crippen molar-refractivity contribution in [2.24, 2.45) is 0 Å². The molecule has 2 heteroatoms. The standard InChI is InChI=1S/C14H20N2/c1-2-4-13(3-1)16-10-11-5-6-12-7-8-15-14(12)9-11/h5-6,9,13,15-16H,1-4,7-8,10H2. The number of rotatable bonds is 3. The highest BCUT2D eigenvalue weighted by atomic mass is 14.9. The van der Waals surface area contributed by atoms with Gasteiger partial charge in [0.15, 0.2) is 0 Å². The van der Waals surface area contributed by atoms with Crippen molar-refractivity contribution in [1.82, 2.24) is 5.32 Å². The average Bonchev–Trinajstić information content (AvgIpc) is 2.97. The van der Waals surface area contributed by atoms with E-state index < -0.39 is 0 Å².